The Morgan fingerprint density at radius 3 is 2.39 bits per heavy atom. The molecule has 0 heteroatoms. The quantitative estimate of drug-likeness (QED) is 0.623. The van der Waals surface area contributed by atoms with Crippen molar-refractivity contribution in [2.45, 2.75) is 52.4 Å². The third-order valence-electron chi connectivity index (χ3n) is 3.65. The first kappa shape index (κ1) is 13.1. The van der Waals surface area contributed by atoms with Crippen molar-refractivity contribution in [3.63, 3.8) is 0 Å². The number of benzene rings is 2. The van der Waals surface area contributed by atoms with Crippen LogP contribution >= 0.6 is 0 Å². The Balaban J connectivity index is 2.28. The molecule has 0 aromatic heterocycles. The summed E-state index contributed by atoms with van der Waals surface area (Å²) in [5.74, 6) is 0. The van der Waals surface area contributed by atoms with E-state index in [1.54, 1.807) is 0 Å². The zero-order chi connectivity index (χ0) is 12.8. The Morgan fingerprint density at radius 1 is 0.833 bits per heavy atom. The van der Waals surface area contributed by atoms with Crippen molar-refractivity contribution >= 4 is 10.8 Å². The van der Waals surface area contributed by atoms with Crippen LogP contribution < -0.4 is 0 Å². The Labute approximate surface area is 111 Å². The SMILES string of the molecule is CCCCc1ccc2c(CCCC)cccc2c1. The lowest BCUT2D eigenvalue weighted by molar-refractivity contribution is 0.794. The highest BCUT2D eigenvalue weighted by Gasteiger charge is 2.01. The van der Waals surface area contributed by atoms with Crippen LogP contribution in [0.15, 0.2) is 36.4 Å². The molecule has 0 fully saturated rings. The molecule has 0 bridgehead atoms. The zero-order valence-corrected chi connectivity index (χ0v) is 11.7. The van der Waals surface area contributed by atoms with Crippen LogP contribution in [-0.4, -0.2) is 0 Å². The summed E-state index contributed by atoms with van der Waals surface area (Å²) in [6.45, 7) is 4.51. The van der Waals surface area contributed by atoms with Gasteiger partial charge in [0.15, 0.2) is 0 Å². The highest BCUT2D eigenvalue weighted by Crippen LogP contribution is 2.22. The summed E-state index contributed by atoms with van der Waals surface area (Å²) in [7, 11) is 0. The fourth-order valence-corrected chi connectivity index (χ4v) is 2.52. The lowest BCUT2D eigenvalue weighted by Gasteiger charge is -2.08. The lowest BCUT2D eigenvalue weighted by Crippen LogP contribution is -1.89. The van der Waals surface area contributed by atoms with Gasteiger partial charge in [-0.1, -0.05) is 63.1 Å². The summed E-state index contributed by atoms with van der Waals surface area (Å²) >= 11 is 0. The monoisotopic (exact) mass is 240 g/mol. The van der Waals surface area contributed by atoms with Crippen molar-refractivity contribution in [1.29, 1.82) is 0 Å². The minimum atomic E-state index is 1.21. The van der Waals surface area contributed by atoms with Crippen molar-refractivity contribution in [3.8, 4) is 0 Å². The molecule has 0 aliphatic heterocycles. The molecular formula is C18H24. The fourth-order valence-electron chi connectivity index (χ4n) is 2.52. The predicted molar refractivity (Wildman–Crippen MR) is 81.2 cm³/mol. The summed E-state index contributed by atoms with van der Waals surface area (Å²) < 4.78 is 0. The number of hydrogen-bond acceptors (Lipinski definition) is 0. The largest absolute Gasteiger partial charge is 0.0654 e. The van der Waals surface area contributed by atoms with Crippen LogP contribution in [0.4, 0.5) is 0 Å². The molecule has 0 aliphatic rings. The maximum Gasteiger partial charge on any atom is -0.0152 e. The van der Waals surface area contributed by atoms with E-state index in [-0.39, 0.29) is 0 Å². The highest BCUT2D eigenvalue weighted by molar-refractivity contribution is 5.86. The topological polar surface area (TPSA) is 0 Å². The van der Waals surface area contributed by atoms with Crippen molar-refractivity contribution in [3.05, 3.63) is 47.5 Å². The van der Waals surface area contributed by atoms with Gasteiger partial charge in [-0.05, 0) is 47.6 Å². The molecule has 0 N–H and O–H groups in total. The maximum atomic E-state index is 2.38. The van der Waals surface area contributed by atoms with E-state index >= 15 is 0 Å². The number of hydrogen-bond donors (Lipinski definition) is 0. The minimum Gasteiger partial charge on any atom is -0.0654 e. The van der Waals surface area contributed by atoms with E-state index in [4.69, 9.17) is 0 Å². The van der Waals surface area contributed by atoms with Gasteiger partial charge in [-0.15, -0.1) is 0 Å². The molecule has 0 aliphatic carbocycles. The van der Waals surface area contributed by atoms with Gasteiger partial charge in [0.05, 0.1) is 0 Å². The smallest absolute Gasteiger partial charge is 0.0152 e. The molecule has 0 amide bonds. The molecule has 0 unspecified atom stereocenters. The van der Waals surface area contributed by atoms with Gasteiger partial charge in [-0.3, -0.25) is 0 Å². The number of unbranched alkanes of at least 4 members (excludes halogenated alkanes) is 2. The highest BCUT2D eigenvalue weighted by atomic mass is 14.1. The number of rotatable bonds is 6. The van der Waals surface area contributed by atoms with Crippen molar-refractivity contribution in [2.24, 2.45) is 0 Å². The number of fused-ring (bicyclic) bond motifs is 1. The third kappa shape index (κ3) is 3.13. The molecule has 18 heavy (non-hydrogen) atoms. The lowest BCUT2D eigenvalue weighted by atomic mass is 9.97. The van der Waals surface area contributed by atoms with E-state index in [1.807, 2.05) is 0 Å². The van der Waals surface area contributed by atoms with E-state index in [9.17, 15) is 0 Å². The van der Waals surface area contributed by atoms with Gasteiger partial charge in [0.1, 0.15) is 0 Å². The molecule has 0 spiro atoms. The predicted octanol–water partition coefficient (Wildman–Crippen LogP) is 5.53. The van der Waals surface area contributed by atoms with E-state index < -0.39 is 0 Å². The molecular weight excluding hydrogens is 216 g/mol. The normalized spacial score (nSPS) is 11.0. The summed E-state index contributed by atoms with van der Waals surface area (Å²) in [4.78, 5) is 0. The van der Waals surface area contributed by atoms with Crippen LogP contribution in [0.5, 0.6) is 0 Å². The van der Waals surface area contributed by atoms with Crippen molar-refractivity contribution in [1.82, 2.24) is 0 Å². The molecule has 0 heterocycles. The second kappa shape index (κ2) is 6.58. The third-order valence-corrected chi connectivity index (χ3v) is 3.65. The van der Waals surface area contributed by atoms with Gasteiger partial charge in [0, 0.05) is 0 Å². The Bertz CT molecular complexity index is 496. The van der Waals surface area contributed by atoms with Gasteiger partial charge < -0.3 is 0 Å². The minimum absolute atomic E-state index is 1.21. The summed E-state index contributed by atoms with van der Waals surface area (Å²) in [6.07, 6.45) is 7.55. The average molecular weight is 240 g/mol. The van der Waals surface area contributed by atoms with E-state index in [2.05, 4.69) is 50.2 Å². The van der Waals surface area contributed by atoms with Crippen LogP contribution in [0.1, 0.15) is 50.7 Å². The van der Waals surface area contributed by atoms with E-state index in [1.165, 1.54) is 60.4 Å². The molecule has 2 aromatic rings. The zero-order valence-electron chi connectivity index (χ0n) is 11.7. The molecule has 2 aromatic carbocycles. The average Bonchev–Trinajstić information content (AvgIpc) is 2.42. The van der Waals surface area contributed by atoms with Gasteiger partial charge in [0.2, 0.25) is 0 Å². The van der Waals surface area contributed by atoms with Gasteiger partial charge >= 0.3 is 0 Å². The second-order valence-corrected chi connectivity index (χ2v) is 5.18. The first-order valence-electron chi connectivity index (χ1n) is 7.35. The standard InChI is InChI=1S/C18H24/c1-3-5-8-15-12-13-18-16(9-6-4-2)10-7-11-17(18)14-15/h7,10-14H,3-6,8-9H2,1-2H3. The molecule has 96 valence electrons. The van der Waals surface area contributed by atoms with E-state index in [0.717, 1.165) is 0 Å². The van der Waals surface area contributed by atoms with E-state index in [0.29, 0.717) is 0 Å². The molecule has 0 saturated carbocycles. The first-order valence-corrected chi connectivity index (χ1v) is 7.35. The van der Waals surface area contributed by atoms with Gasteiger partial charge in [-0.2, -0.15) is 0 Å². The van der Waals surface area contributed by atoms with Crippen LogP contribution in [0.25, 0.3) is 10.8 Å². The van der Waals surface area contributed by atoms with Crippen molar-refractivity contribution in [2.75, 3.05) is 0 Å². The summed E-state index contributed by atoms with van der Waals surface area (Å²) in [5.41, 5.74) is 2.99. The maximum absolute atomic E-state index is 2.38. The summed E-state index contributed by atoms with van der Waals surface area (Å²) in [6, 6.07) is 13.8. The van der Waals surface area contributed by atoms with Crippen LogP contribution in [0, 0.1) is 0 Å². The fraction of sp³-hybridized carbons (Fsp3) is 0.444. The van der Waals surface area contributed by atoms with Crippen LogP contribution in [0.2, 0.25) is 0 Å². The van der Waals surface area contributed by atoms with Crippen LogP contribution in [0.3, 0.4) is 0 Å². The Morgan fingerprint density at radius 2 is 1.61 bits per heavy atom. The van der Waals surface area contributed by atoms with Crippen LogP contribution in [-0.2, 0) is 12.8 Å². The van der Waals surface area contributed by atoms with Gasteiger partial charge in [0.25, 0.3) is 0 Å². The first-order chi connectivity index (χ1) is 8.85. The molecule has 0 radical (unpaired) electrons. The molecule has 2 rings (SSSR count). The summed E-state index contributed by atoms with van der Waals surface area (Å²) in [5, 5.41) is 2.86. The Hall–Kier alpha value is -1.30. The molecule has 0 nitrogen and oxygen atoms in total. The van der Waals surface area contributed by atoms with Gasteiger partial charge in [-0.25, -0.2) is 0 Å². The second-order valence-electron chi connectivity index (χ2n) is 5.18. The number of aryl methyl sites for hydroxylation is 2. The molecule has 0 atom stereocenters. The Kier molecular flexibility index (Phi) is 4.81. The molecule has 0 saturated heterocycles. The van der Waals surface area contributed by atoms with Crippen molar-refractivity contribution < 1.29 is 0 Å².